The average Bonchev–Trinajstić information content (AvgIpc) is 2.16. The third-order valence-electron chi connectivity index (χ3n) is 2.77. The predicted molar refractivity (Wildman–Crippen MR) is 51.6 cm³/mol. The van der Waals surface area contributed by atoms with Gasteiger partial charge in [0.15, 0.2) is 0 Å². The van der Waals surface area contributed by atoms with Crippen LogP contribution in [0.2, 0.25) is 0 Å². The van der Waals surface area contributed by atoms with Gasteiger partial charge in [-0.3, -0.25) is 4.90 Å². The summed E-state index contributed by atoms with van der Waals surface area (Å²) in [6.45, 7) is 5.17. The molecule has 2 N–H and O–H groups in total. The third-order valence-corrected chi connectivity index (χ3v) is 2.77. The number of hydrogen-bond donors (Lipinski definition) is 2. The van der Waals surface area contributed by atoms with Crippen LogP contribution in [0.5, 0.6) is 0 Å². The first-order valence-electron chi connectivity index (χ1n) is 4.85. The molecule has 0 aromatic rings. The highest BCUT2D eigenvalue weighted by atomic mass is 16.3. The number of piperazine rings is 1. The summed E-state index contributed by atoms with van der Waals surface area (Å²) in [7, 11) is 2.06. The van der Waals surface area contributed by atoms with E-state index < -0.39 is 0 Å². The Morgan fingerprint density at radius 3 is 2.62 bits per heavy atom. The fourth-order valence-electron chi connectivity index (χ4n) is 1.87. The number of likely N-dealkylation sites (N-methyl/N-ethyl adjacent to an activating group) is 1. The molecule has 0 spiro atoms. The van der Waals surface area contributed by atoms with Crippen LogP contribution in [0.25, 0.3) is 0 Å². The van der Waals surface area contributed by atoms with Gasteiger partial charge in [0.25, 0.3) is 0 Å². The van der Waals surface area contributed by atoms with Crippen LogP contribution in [0, 0.1) is 0 Å². The van der Waals surface area contributed by atoms with Crippen molar-refractivity contribution in [3.8, 4) is 0 Å². The van der Waals surface area contributed by atoms with Crippen molar-refractivity contribution in [3.05, 3.63) is 0 Å². The third kappa shape index (κ3) is 2.64. The van der Waals surface area contributed by atoms with Gasteiger partial charge in [0, 0.05) is 31.7 Å². The summed E-state index contributed by atoms with van der Waals surface area (Å²) in [6.07, 6.45) is 0. The molecule has 0 radical (unpaired) electrons. The highest BCUT2D eigenvalue weighted by Gasteiger charge is 2.27. The van der Waals surface area contributed by atoms with E-state index in [-0.39, 0.29) is 25.3 Å². The Bertz CT molecular complexity index is 155. The van der Waals surface area contributed by atoms with Crippen molar-refractivity contribution in [3.63, 3.8) is 0 Å². The van der Waals surface area contributed by atoms with Gasteiger partial charge in [-0.05, 0) is 14.0 Å². The maximum Gasteiger partial charge on any atom is 0.0599 e. The monoisotopic (exact) mass is 188 g/mol. The first kappa shape index (κ1) is 10.9. The molecule has 1 aliphatic heterocycles. The van der Waals surface area contributed by atoms with Crippen LogP contribution in [0.3, 0.4) is 0 Å². The molecule has 0 amide bonds. The lowest BCUT2D eigenvalue weighted by atomic mass is 10.1. The zero-order chi connectivity index (χ0) is 9.84. The van der Waals surface area contributed by atoms with Gasteiger partial charge in [0.05, 0.1) is 13.2 Å². The molecule has 4 heteroatoms. The predicted octanol–water partition coefficient (Wildman–Crippen LogP) is -1.02. The fraction of sp³-hybridized carbons (Fsp3) is 1.00. The van der Waals surface area contributed by atoms with Gasteiger partial charge in [-0.2, -0.15) is 0 Å². The van der Waals surface area contributed by atoms with Crippen molar-refractivity contribution in [1.82, 2.24) is 9.80 Å². The number of aliphatic hydroxyl groups excluding tert-OH is 2. The molecule has 0 bridgehead atoms. The van der Waals surface area contributed by atoms with Gasteiger partial charge in [-0.15, -0.1) is 0 Å². The summed E-state index contributed by atoms with van der Waals surface area (Å²) in [5.41, 5.74) is 0. The topological polar surface area (TPSA) is 46.9 Å². The maximum absolute atomic E-state index is 9.17. The lowest BCUT2D eigenvalue weighted by Gasteiger charge is -2.42. The van der Waals surface area contributed by atoms with Gasteiger partial charge >= 0.3 is 0 Å². The Kier molecular flexibility index (Phi) is 4.12. The van der Waals surface area contributed by atoms with Crippen LogP contribution in [-0.2, 0) is 0 Å². The molecule has 2 unspecified atom stereocenters. The molecule has 13 heavy (non-hydrogen) atoms. The van der Waals surface area contributed by atoms with Crippen molar-refractivity contribution < 1.29 is 10.2 Å². The first-order chi connectivity index (χ1) is 6.19. The van der Waals surface area contributed by atoms with Crippen LogP contribution in [0.15, 0.2) is 0 Å². The Hall–Kier alpha value is -0.160. The summed E-state index contributed by atoms with van der Waals surface area (Å²) in [5, 5.41) is 18.2. The van der Waals surface area contributed by atoms with Crippen LogP contribution in [0.4, 0.5) is 0 Å². The maximum atomic E-state index is 9.17. The molecule has 0 aromatic heterocycles. The molecule has 1 aliphatic rings. The molecule has 1 saturated heterocycles. The molecule has 1 fully saturated rings. The minimum absolute atomic E-state index is 0.158. The van der Waals surface area contributed by atoms with Gasteiger partial charge in [0.1, 0.15) is 0 Å². The smallest absolute Gasteiger partial charge is 0.0599 e. The van der Waals surface area contributed by atoms with E-state index in [1.54, 1.807) is 0 Å². The molecule has 0 saturated carbocycles. The lowest BCUT2D eigenvalue weighted by molar-refractivity contribution is 0.00884. The van der Waals surface area contributed by atoms with E-state index in [1.807, 2.05) is 6.92 Å². The molecule has 4 nitrogen and oxygen atoms in total. The van der Waals surface area contributed by atoms with Gasteiger partial charge in [-0.1, -0.05) is 0 Å². The van der Waals surface area contributed by atoms with Crippen LogP contribution >= 0.6 is 0 Å². The SMILES string of the molecule is CC(CO)N1CCN(C)CC1CO. The molecule has 0 aliphatic carbocycles. The van der Waals surface area contributed by atoms with Gasteiger partial charge in [0.2, 0.25) is 0 Å². The second-order valence-corrected chi connectivity index (χ2v) is 3.87. The van der Waals surface area contributed by atoms with E-state index in [0.717, 1.165) is 19.6 Å². The second-order valence-electron chi connectivity index (χ2n) is 3.87. The van der Waals surface area contributed by atoms with Crippen LogP contribution in [-0.4, -0.2) is 72.0 Å². The molecule has 78 valence electrons. The van der Waals surface area contributed by atoms with Crippen molar-refractivity contribution >= 4 is 0 Å². The van der Waals surface area contributed by atoms with Gasteiger partial charge < -0.3 is 15.1 Å². The number of hydrogen-bond acceptors (Lipinski definition) is 4. The number of nitrogens with zero attached hydrogens (tertiary/aromatic N) is 2. The Balaban J connectivity index is 2.52. The Morgan fingerprint density at radius 1 is 1.38 bits per heavy atom. The molecular formula is C9H20N2O2. The average molecular weight is 188 g/mol. The molecule has 2 atom stereocenters. The van der Waals surface area contributed by atoms with E-state index in [0.29, 0.717) is 0 Å². The molecule has 1 rings (SSSR count). The fourth-order valence-corrected chi connectivity index (χ4v) is 1.87. The minimum atomic E-state index is 0.158. The summed E-state index contributed by atoms with van der Waals surface area (Å²) < 4.78 is 0. The van der Waals surface area contributed by atoms with Crippen molar-refractivity contribution in [2.24, 2.45) is 0 Å². The highest BCUT2D eigenvalue weighted by molar-refractivity contribution is 4.83. The van der Waals surface area contributed by atoms with Crippen molar-refractivity contribution in [1.29, 1.82) is 0 Å². The summed E-state index contributed by atoms with van der Waals surface area (Å²) in [6, 6.07) is 0.340. The lowest BCUT2D eigenvalue weighted by Crippen LogP contribution is -2.57. The number of rotatable bonds is 3. The Labute approximate surface area is 79.8 Å². The Morgan fingerprint density at radius 2 is 2.08 bits per heavy atom. The summed E-state index contributed by atoms with van der Waals surface area (Å²) >= 11 is 0. The first-order valence-corrected chi connectivity index (χ1v) is 4.85. The molecule has 0 aromatic carbocycles. The van der Waals surface area contributed by atoms with E-state index in [2.05, 4.69) is 16.8 Å². The minimum Gasteiger partial charge on any atom is -0.395 e. The molecular weight excluding hydrogens is 168 g/mol. The number of aliphatic hydroxyl groups is 2. The van der Waals surface area contributed by atoms with E-state index in [4.69, 9.17) is 5.11 Å². The normalized spacial score (nSPS) is 29.1. The van der Waals surface area contributed by atoms with Crippen LogP contribution < -0.4 is 0 Å². The van der Waals surface area contributed by atoms with E-state index in [9.17, 15) is 5.11 Å². The zero-order valence-corrected chi connectivity index (χ0v) is 8.48. The zero-order valence-electron chi connectivity index (χ0n) is 8.48. The quantitative estimate of drug-likeness (QED) is 0.595. The second kappa shape index (κ2) is 4.91. The van der Waals surface area contributed by atoms with Crippen molar-refractivity contribution in [2.45, 2.75) is 19.0 Å². The molecule has 1 heterocycles. The van der Waals surface area contributed by atoms with E-state index >= 15 is 0 Å². The van der Waals surface area contributed by atoms with E-state index in [1.165, 1.54) is 0 Å². The summed E-state index contributed by atoms with van der Waals surface area (Å²) in [5.74, 6) is 0. The van der Waals surface area contributed by atoms with Crippen molar-refractivity contribution in [2.75, 3.05) is 39.9 Å². The van der Waals surface area contributed by atoms with Gasteiger partial charge in [-0.25, -0.2) is 0 Å². The largest absolute Gasteiger partial charge is 0.395 e. The summed E-state index contributed by atoms with van der Waals surface area (Å²) in [4.78, 5) is 4.39. The highest BCUT2D eigenvalue weighted by Crippen LogP contribution is 2.11. The van der Waals surface area contributed by atoms with Crippen LogP contribution in [0.1, 0.15) is 6.92 Å². The standard InChI is InChI=1S/C9H20N2O2/c1-8(6-12)11-4-3-10(2)5-9(11)7-13/h8-9,12-13H,3-7H2,1-2H3.